The van der Waals surface area contributed by atoms with Gasteiger partial charge >= 0.3 is 0 Å². The molecular weight excluding hydrogens is 368 g/mol. The van der Waals surface area contributed by atoms with Gasteiger partial charge in [0, 0.05) is 10.4 Å². The van der Waals surface area contributed by atoms with Gasteiger partial charge in [-0.15, -0.1) is 11.3 Å². The van der Waals surface area contributed by atoms with Crippen molar-refractivity contribution in [3.63, 3.8) is 0 Å². The molecule has 146 valence electrons. The summed E-state index contributed by atoms with van der Waals surface area (Å²) in [7, 11) is 0. The molecule has 1 saturated heterocycles. The lowest BCUT2D eigenvalue weighted by atomic mass is 9.93. The molecule has 0 spiro atoms. The number of quaternary nitrogens is 1. The molecular formula is C23H27N2O2S+. The van der Waals surface area contributed by atoms with Gasteiger partial charge in [-0.25, -0.2) is 0 Å². The van der Waals surface area contributed by atoms with Gasteiger partial charge < -0.3 is 14.6 Å². The highest BCUT2D eigenvalue weighted by Crippen LogP contribution is 2.38. The van der Waals surface area contributed by atoms with Gasteiger partial charge in [0.05, 0.1) is 24.9 Å². The first-order valence-corrected chi connectivity index (χ1v) is 10.8. The van der Waals surface area contributed by atoms with Crippen molar-refractivity contribution >= 4 is 22.2 Å². The Morgan fingerprint density at radius 1 is 1.07 bits per heavy atom. The van der Waals surface area contributed by atoms with Crippen LogP contribution in [0.3, 0.4) is 0 Å². The molecule has 1 aromatic carbocycles. The zero-order chi connectivity index (χ0) is 19.5. The number of carbonyl (C=O) groups is 1. The van der Waals surface area contributed by atoms with Crippen molar-refractivity contribution in [3.05, 3.63) is 76.1 Å². The molecule has 3 aromatic rings. The van der Waals surface area contributed by atoms with E-state index in [-0.39, 0.29) is 11.9 Å². The number of furan rings is 1. The first-order chi connectivity index (χ1) is 13.6. The highest BCUT2D eigenvalue weighted by atomic mass is 32.1. The Bertz CT molecular complexity index is 925. The van der Waals surface area contributed by atoms with Crippen LogP contribution in [0, 0.1) is 13.8 Å². The van der Waals surface area contributed by atoms with Crippen molar-refractivity contribution in [1.29, 1.82) is 0 Å². The largest absolute Gasteiger partial charge is 0.459 e. The number of carbonyl (C=O) groups excluding carboxylic acids is 1. The monoisotopic (exact) mass is 395 g/mol. The van der Waals surface area contributed by atoms with Crippen LogP contribution in [-0.4, -0.2) is 19.0 Å². The lowest BCUT2D eigenvalue weighted by Gasteiger charge is -2.32. The third kappa shape index (κ3) is 3.77. The van der Waals surface area contributed by atoms with E-state index < -0.39 is 0 Å². The molecule has 1 aliphatic rings. The minimum absolute atomic E-state index is 0.187. The average Bonchev–Trinajstić information content (AvgIpc) is 3.35. The second-order valence-corrected chi connectivity index (χ2v) is 8.74. The molecule has 2 aromatic heterocycles. The molecule has 28 heavy (non-hydrogen) atoms. The van der Waals surface area contributed by atoms with Crippen LogP contribution < -0.4 is 10.2 Å². The van der Waals surface area contributed by atoms with Gasteiger partial charge in [0.15, 0.2) is 5.76 Å². The normalized spacial score (nSPS) is 16.1. The molecule has 0 bridgehead atoms. The Balaban J connectivity index is 1.76. The van der Waals surface area contributed by atoms with Gasteiger partial charge in [0.25, 0.3) is 5.91 Å². The van der Waals surface area contributed by atoms with Crippen LogP contribution in [-0.2, 0) is 0 Å². The number of aryl methyl sites for hydroxylation is 1. The molecule has 0 unspecified atom stereocenters. The van der Waals surface area contributed by atoms with Gasteiger partial charge in [-0.3, -0.25) is 4.79 Å². The fraction of sp³-hybridized carbons (Fsp3) is 0.348. The summed E-state index contributed by atoms with van der Waals surface area (Å²) in [6.07, 6.45) is 5.37. The molecule has 4 rings (SSSR count). The molecule has 2 N–H and O–H groups in total. The van der Waals surface area contributed by atoms with Crippen LogP contribution in [0.25, 0.3) is 0 Å². The summed E-state index contributed by atoms with van der Waals surface area (Å²) in [6.45, 7) is 6.65. The molecule has 4 nitrogen and oxygen atoms in total. The second kappa shape index (κ2) is 8.33. The van der Waals surface area contributed by atoms with E-state index in [2.05, 4.69) is 49.5 Å². The molecule has 1 aliphatic heterocycles. The number of piperidine rings is 1. The molecule has 3 heterocycles. The molecule has 1 atom stereocenters. The predicted molar refractivity (Wildman–Crippen MR) is 113 cm³/mol. The third-order valence-corrected chi connectivity index (χ3v) is 6.87. The topological polar surface area (TPSA) is 46.7 Å². The summed E-state index contributed by atoms with van der Waals surface area (Å²) in [5, 5.41) is 4.08. The Morgan fingerprint density at radius 3 is 2.50 bits per heavy atom. The number of nitrogens with one attached hydrogen (secondary N) is 2. The first kappa shape index (κ1) is 19.0. The van der Waals surface area contributed by atoms with Gasteiger partial charge in [0.1, 0.15) is 11.0 Å². The van der Waals surface area contributed by atoms with Gasteiger partial charge in [-0.1, -0.05) is 30.3 Å². The number of thiophene rings is 1. The van der Waals surface area contributed by atoms with Crippen molar-refractivity contribution in [1.82, 2.24) is 0 Å². The van der Waals surface area contributed by atoms with Crippen molar-refractivity contribution in [2.75, 3.05) is 18.4 Å². The molecule has 0 saturated carbocycles. The van der Waals surface area contributed by atoms with E-state index in [9.17, 15) is 4.79 Å². The first-order valence-electron chi connectivity index (χ1n) is 9.99. The van der Waals surface area contributed by atoms with Crippen LogP contribution >= 0.6 is 11.3 Å². The Kier molecular flexibility index (Phi) is 5.64. The minimum atomic E-state index is -0.187. The van der Waals surface area contributed by atoms with Gasteiger partial charge in [-0.2, -0.15) is 0 Å². The van der Waals surface area contributed by atoms with Crippen LogP contribution in [0.5, 0.6) is 0 Å². The predicted octanol–water partition coefficient (Wildman–Crippen LogP) is 4.37. The lowest BCUT2D eigenvalue weighted by Crippen LogP contribution is -3.13. The number of rotatable bonds is 5. The van der Waals surface area contributed by atoms with E-state index >= 15 is 0 Å². The van der Waals surface area contributed by atoms with Gasteiger partial charge in [-0.05, 0) is 50.8 Å². The van der Waals surface area contributed by atoms with Crippen molar-refractivity contribution < 1.29 is 14.1 Å². The van der Waals surface area contributed by atoms with Crippen molar-refractivity contribution in [2.45, 2.75) is 39.2 Å². The van der Waals surface area contributed by atoms with E-state index in [0.29, 0.717) is 5.76 Å². The van der Waals surface area contributed by atoms with Crippen LogP contribution in [0.4, 0.5) is 5.00 Å². The second-order valence-electron chi connectivity index (χ2n) is 7.52. The summed E-state index contributed by atoms with van der Waals surface area (Å²) < 4.78 is 5.29. The van der Waals surface area contributed by atoms with Crippen molar-refractivity contribution in [2.24, 2.45) is 0 Å². The maximum absolute atomic E-state index is 12.7. The van der Waals surface area contributed by atoms with Crippen LogP contribution in [0.15, 0.2) is 53.1 Å². The Hall–Kier alpha value is -2.37. The maximum atomic E-state index is 12.7. The molecule has 5 heteroatoms. The van der Waals surface area contributed by atoms with E-state index in [1.165, 1.54) is 60.2 Å². The minimum Gasteiger partial charge on any atom is -0.459 e. The summed E-state index contributed by atoms with van der Waals surface area (Å²) in [5.41, 5.74) is 3.85. The van der Waals surface area contributed by atoms with Crippen LogP contribution in [0.2, 0.25) is 0 Å². The summed E-state index contributed by atoms with van der Waals surface area (Å²) in [6, 6.07) is 14.4. The summed E-state index contributed by atoms with van der Waals surface area (Å²) >= 11 is 1.67. The fourth-order valence-corrected chi connectivity index (χ4v) is 5.30. The number of hydrogen-bond acceptors (Lipinski definition) is 3. The standard InChI is InChI=1S/C23H26N2O2S/c1-16-17(2)28-23(24-22(26)19-12-9-15-27-19)20(16)21(18-10-5-3-6-11-18)25-13-7-4-8-14-25/h3,5-6,9-12,15,21H,4,7-8,13-14H2,1-2H3,(H,24,26)/p+1/t21-/m1/s1. The van der Waals surface area contributed by atoms with Gasteiger partial charge in [0.2, 0.25) is 0 Å². The van der Waals surface area contributed by atoms with Crippen LogP contribution in [0.1, 0.15) is 57.4 Å². The quantitative estimate of drug-likeness (QED) is 0.674. The highest BCUT2D eigenvalue weighted by molar-refractivity contribution is 7.16. The summed E-state index contributed by atoms with van der Waals surface area (Å²) in [4.78, 5) is 15.5. The maximum Gasteiger partial charge on any atom is 0.291 e. The SMILES string of the molecule is Cc1sc(NC(=O)c2ccco2)c([C@@H](c2ccccc2)[NH+]2CCCCC2)c1C. The zero-order valence-electron chi connectivity index (χ0n) is 16.5. The smallest absolute Gasteiger partial charge is 0.291 e. The number of anilines is 1. The number of hydrogen-bond donors (Lipinski definition) is 2. The molecule has 0 aliphatic carbocycles. The third-order valence-electron chi connectivity index (χ3n) is 5.73. The number of benzene rings is 1. The molecule has 0 radical (unpaired) electrons. The van der Waals surface area contributed by atoms with E-state index in [4.69, 9.17) is 4.42 Å². The fourth-order valence-electron chi connectivity index (χ4n) is 4.20. The lowest BCUT2D eigenvalue weighted by molar-refractivity contribution is -0.930. The molecule has 1 fully saturated rings. The highest BCUT2D eigenvalue weighted by Gasteiger charge is 2.33. The van der Waals surface area contributed by atoms with E-state index in [1.54, 1.807) is 28.4 Å². The van der Waals surface area contributed by atoms with Crippen molar-refractivity contribution in [3.8, 4) is 0 Å². The molecule has 1 amide bonds. The van der Waals surface area contributed by atoms with E-state index in [1.807, 2.05) is 0 Å². The zero-order valence-corrected chi connectivity index (χ0v) is 17.3. The Labute approximate surface area is 170 Å². The average molecular weight is 396 g/mol. The number of likely N-dealkylation sites (tertiary alicyclic amines) is 1. The summed E-state index contributed by atoms with van der Waals surface area (Å²) in [5.74, 6) is 0.157. The van der Waals surface area contributed by atoms with E-state index in [0.717, 1.165) is 5.00 Å². The number of amides is 1. The Morgan fingerprint density at radius 2 is 1.82 bits per heavy atom.